The fraction of sp³-hybridized carbons (Fsp3) is 0.211. The van der Waals surface area contributed by atoms with Gasteiger partial charge >= 0.3 is 5.63 Å². The van der Waals surface area contributed by atoms with Crippen molar-refractivity contribution in [3.05, 3.63) is 74.6 Å². The predicted octanol–water partition coefficient (Wildman–Crippen LogP) is 4.31. The van der Waals surface area contributed by atoms with Crippen molar-refractivity contribution in [2.75, 3.05) is 0 Å². The van der Waals surface area contributed by atoms with E-state index in [1.807, 2.05) is 31.2 Å². The van der Waals surface area contributed by atoms with Crippen molar-refractivity contribution in [3.8, 4) is 5.75 Å². The first-order chi connectivity index (χ1) is 11.5. The van der Waals surface area contributed by atoms with Crippen molar-refractivity contribution in [3.63, 3.8) is 0 Å². The lowest BCUT2D eigenvalue weighted by Gasteiger charge is -2.16. The molecule has 1 unspecified atom stereocenters. The number of aryl methyl sites for hydroxylation is 1. The zero-order valence-electron chi connectivity index (χ0n) is 13.5. The van der Waals surface area contributed by atoms with Crippen molar-refractivity contribution in [1.29, 1.82) is 0 Å². The van der Waals surface area contributed by atoms with Gasteiger partial charge in [-0.15, -0.1) is 0 Å². The Bertz CT molecular complexity index is 949. The Morgan fingerprint density at radius 2 is 2.00 bits per heavy atom. The molecule has 0 spiro atoms. The molecule has 3 aromatic rings. The Morgan fingerprint density at radius 1 is 1.25 bits per heavy atom. The molecule has 24 heavy (non-hydrogen) atoms. The second-order valence-corrected chi connectivity index (χ2v) is 6.21. The molecular formula is C19H18ClNO3. The molecule has 2 aromatic carbocycles. The highest BCUT2D eigenvalue weighted by molar-refractivity contribution is 6.31. The molecule has 0 aliphatic carbocycles. The minimum absolute atomic E-state index is 0.0270. The van der Waals surface area contributed by atoms with Crippen LogP contribution < -0.4 is 10.9 Å². The van der Waals surface area contributed by atoms with Crippen LogP contribution in [0, 0.1) is 6.92 Å². The number of phenolic OH excluding ortho intramolecular Hbond substituents is 1. The Labute approximate surface area is 144 Å². The van der Waals surface area contributed by atoms with Crippen LogP contribution in [0.5, 0.6) is 5.75 Å². The maximum Gasteiger partial charge on any atom is 0.336 e. The third-order valence-electron chi connectivity index (χ3n) is 4.19. The molecule has 4 nitrogen and oxygen atoms in total. The van der Waals surface area contributed by atoms with Gasteiger partial charge in [0.15, 0.2) is 0 Å². The number of nitrogens with one attached hydrogen (secondary N) is 1. The van der Waals surface area contributed by atoms with Crippen LogP contribution in [0.1, 0.15) is 29.7 Å². The lowest BCUT2D eigenvalue weighted by atomic mass is 10.0. The number of fused-ring (bicyclic) bond motifs is 1. The summed E-state index contributed by atoms with van der Waals surface area (Å²) >= 11 is 6.23. The van der Waals surface area contributed by atoms with Gasteiger partial charge in [-0.1, -0.05) is 29.8 Å². The van der Waals surface area contributed by atoms with Gasteiger partial charge in [-0.25, -0.2) is 4.79 Å². The lowest BCUT2D eigenvalue weighted by Crippen LogP contribution is -2.19. The fourth-order valence-electron chi connectivity index (χ4n) is 2.76. The largest absolute Gasteiger partial charge is 0.508 e. The highest BCUT2D eigenvalue weighted by Gasteiger charge is 2.13. The van der Waals surface area contributed by atoms with Gasteiger partial charge in [-0.3, -0.25) is 0 Å². The van der Waals surface area contributed by atoms with Crippen LogP contribution in [0.15, 0.2) is 51.7 Å². The number of phenols is 1. The molecule has 0 radical (unpaired) electrons. The zero-order valence-corrected chi connectivity index (χ0v) is 14.2. The molecule has 0 amide bonds. The van der Waals surface area contributed by atoms with E-state index >= 15 is 0 Å². The Hall–Kier alpha value is -2.30. The first kappa shape index (κ1) is 16.6. The number of halogens is 1. The molecule has 0 saturated heterocycles. The smallest absolute Gasteiger partial charge is 0.336 e. The van der Waals surface area contributed by atoms with Gasteiger partial charge in [0, 0.05) is 34.6 Å². The van der Waals surface area contributed by atoms with Gasteiger partial charge in [0.25, 0.3) is 0 Å². The number of benzene rings is 2. The van der Waals surface area contributed by atoms with Crippen LogP contribution in [0.3, 0.4) is 0 Å². The van der Waals surface area contributed by atoms with E-state index < -0.39 is 5.63 Å². The van der Waals surface area contributed by atoms with E-state index in [0.717, 1.165) is 16.5 Å². The van der Waals surface area contributed by atoms with Crippen LogP contribution in [0.25, 0.3) is 11.0 Å². The van der Waals surface area contributed by atoms with Crippen LogP contribution in [0.4, 0.5) is 0 Å². The zero-order chi connectivity index (χ0) is 17.3. The van der Waals surface area contributed by atoms with E-state index in [0.29, 0.717) is 22.7 Å². The maximum atomic E-state index is 11.8. The van der Waals surface area contributed by atoms with E-state index in [-0.39, 0.29) is 11.8 Å². The molecular weight excluding hydrogens is 326 g/mol. The second kappa shape index (κ2) is 6.67. The maximum absolute atomic E-state index is 11.8. The molecule has 2 N–H and O–H groups in total. The summed E-state index contributed by atoms with van der Waals surface area (Å²) in [5, 5.41) is 14.7. The van der Waals surface area contributed by atoms with Crippen LogP contribution in [0.2, 0.25) is 5.02 Å². The Balaban J connectivity index is 1.92. The molecule has 124 valence electrons. The fourth-order valence-corrected chi connectivity index (χ4v) is 3.06. The molecule has 3 rings (SSSR count). The molecule has 1 atom stereocenters. The average Bonchev–Trinajstić information content (AvgIpc) is 2.56. The lowest BCUT2D eigenvalue weighted by molar-refractivity contribution is 0.468. The third-order valence-corrected chi connectivity index (χ3v) is 4.53. The van der Waals surface area contributed by atoms with Crippen molar-refractivity contribution < 1.29 is 9.52 Å². The molecule has 0 bridgehead atoms. The summed E-state index contributed by atoms with van der Waals surface area (Å²) in [6.07, 6.45) is 0. The van der Waals surface area contributed by atoms with Gasteiger partial charge in [-0.2, -0.15) is 0 Å². The monoisotopic (exact) mass is 343 g/mol. The van der Waals surface area contributed by atoms with Crippen LogP contribution >= 0.6 is 11.6 Å². The normalized spacial score (nSPS) is 12.5. The number of rotatable bonds is 4. The molecule has 0 aliphatic rings. The summed E-state index contributed by atoms with van der Waals surface area (Å²) in [5.41, 5.74) is 2.37. The summed E-state index contributed by atoms with van der Waals surface area (Å²) in [5.74, 6) is 0.111. The second-order valence-electron chi connectivity index (χ2n) is 5.80. The standard InChI is InChI=1S/C19H18ClNO3/c1-11-17(22)8-7-15-13(9-18(23)24-19(11)15)10-21-12(2)14-5-3-4-6-16(14)20/h3-9,12,21-22H,10H2,1-2H3. The van der Waals surface area contributed by atoms with Gasteiger partial charge < -0.3 is 14.8 Å². The van der Waals surface area contributed by atoms with Gasteiger partial charge in [0.05, 0.1) is 0 Å². The van der Waals surface area contributed by atoms with E-state index in [2.05, 4.69) is 5.32 Å². The number of aromatic hydroxyl groups is 1. The summed E-state index contributed by atoms with van der Waals surface area (Å²) in [7, 11) is 0. The molecule has 0 aliphatic heterocycles. The van der Waals surface area contributed by atoms with Crippen molar-refractivity contribution in [1.82, 2.24) is 5.32 Å². The van der Waals surface area contributed by atoms with Crippen molar-refractivity contribution >= 4 is 22.6 Å². The van der Waals surface area contributed by atoms with Crippen molar-refractivity contribution in [2.24, 2.45) is 0 Å². The molecule has 0 saturated carbocycles. The van der Waals surface area contributed by atoms with E-state index in [1.165, 1.54) is 6.07 Å². The van der Waals surface area contributed by atoms with Gasteiger partial charge in [0.1, 0.15) is 11.3 Å². The number of hydrogen-bond acceptors (Lipinski definition) is 4. The van der Waals surface area contributed by atoms with E-state index in [4.69, 9.17) is 16.0 Å². The minimum Gasteiger partial charge on any atom is -0.508 e. The highest BCUT2D eigenvalue weighted by atomic mass is 35.5. The Kier molecular flexibility index (Phi) is 4.60. The average molecular weight is 344 g/mol. The first-order valence-corrected chi connectivity index (χ1v) is 8.08. The van der Waals surface area contributed by atoms with Crippen LogP contribution in [-0.2, 0) is 6.54 Å². The summed E-state index contributed by atoms with van der Waals surface area (Å²) < 4.78 is 5.26. The molecule has 1 aromatic heterocycles. The predicted molar refractivity (Wildman–Crippen MR) is 95.6 cm³/mol. The summed E-state index contributed by atoms with van der Waals surface area (Å²) in [4.78, 5) is 11.8. The Morgan fingerprint density at radius 3 is 2.75 bits per heavy atom. The van der Waals surface area contributed by atoms with Gasteiger partial charge in [-0.05, 0) is 43.2 Å². The topological polar surface area (TPSA) is 62.5 Å². The van der Waals surface area contributed by atoms with E-state index in [1.54, 1.807) is 19.1 Å². The first-order valence-electron chi connectivity index (χ1n) is 7.70. The minimum atomic E-state index is -0.432. The third kappa shape index (κ3) is 3.16. The van der Waals surface area contributed by atoms with E-state index in [9.17, 15) is 9.90 Å². The summed E-state index contributed by atoms with van der Waals surface area (Å²) in [6, 6.07) is 12.5. The SMILES string of the molecule is Cc1c(O)ccc2c(CNC(C)c3ccccc3Cl)cc(=O)oc12. The van der Waals surface area contributed by atoms with Gasteiger partial charge in [0.2, 0.25) is 0 Å². The van der Waals surface area contributed by atoms with Crippen molar-refractivity contribution in [2.45, 2.75) is 26.4 Å². The summed E-state index contributed by atoms with van der Waals surface area (Å²) in [6.45, 7) is 4.23. The quantitative estimate of drug-likeness (QED) is 0.693. The highest BCUT2D eigenvalue weighted by Crippen LogP contribution is 2.28. The molecule has 0 fully saturated rings. The molecule has 1 heterocycles. The van der Waals surface area contributed by atoms with Crippen LogP contribution in [-0.4, -0.2) is 5.11 Å². The number of hydrogen-bond donors (Lipinski definition) is 2. The molecule has 5 heteroatoms.